The molecule has 0 unspecified atom stereocenters. The van der Waals surface area contributed by atoms with E-state index in [4.69, 9.17) is 0 Å². The smallest absolute Gasteiger partial charge is 0.272 e. The van der Waals surface area contributed by atoms with E-state index < -0.39 is 0 Å². The van der Waals surface area contributed by atoms with Gasteiger partial charge >= 0.3 is 0 Å². The molecule has 148 valence electrons. The van der Waals surface area contributed by atoms with Crippen molar-refractivity contribution in [3.8, 4) is 0 Å². The number of aromatic nitrogens is 1. The molecule has 0 radical (unpaired) electrons. The first-order chi connectivity index (χ1) is 14.1. The maximum atomic E-state index is 12.8. The van der Waals surface area contributed by atoms with Gasteiger partial charge in [-0.3, -0.25) is 4.79 Å². The lowest BCUT2D eigenvalue weighted by atomic mass is 10.2. The molecule has 0 saturated carbocycles. The number of anilines is 3. The first-order valence-electron chi connectivity index (χ1n) is 10.00. The van der Waals surface area contributed by atoms with Crippen LogP contribution >= 0.6 is 0 Å². The molecule has 29 heavy (non-hydrogen) atoms. The topological polar surface area (TPSA) is 48.5 Å². The predicted octanol–water partition coefficient (Wildman–Crippen LogP) is 4.40. The highest BCUT2D eigenvalue weighted by atomic mass is 16.2. The van der Waals surface area contributed by atoms with Gasteiger partial charge in [0.25, 0.3) is 5.91 Å². The van der Waals surface area contributed by atoms with E-state index in [0.29, 0.717) is 18.8 Å². The van der Waals surface area contributed by atoms with E-state index in [2.05, 4.69) is 59.4 Å². The minimum atomic E-state index is -0.00339. The third-order valence-electron chi connectivity index (χ3n) is 5.34. The van der Waals surface area contributed by atoms with Crippen molar-refractivity contribution in [2.45, 2.75) is 13.8 Å². The Bertz CT molecular complexity index is 992. The maximum absolute atomic E-state index is 12.8. The Kier molecular flexibility index (Phi) is 5.47. The summed E-state index contributed by atoms with van der Waals surface area (Å²) in [5.41, 5.74) is 6.05. The average molecular weight is 386 g/mol. The van der Waals surface area contributed by atoms with Crippen LogP contribution in [0.15, 0.2) is 66.9 Å². The lowest BCUT2D eigenvalue weighted by Crippen LogP contribution is -2.49. The number of amides is 1. The van der Waals surface area contributed by atoms with Crippen LogP contribution in [0.2, 0.25) is 0 Å². The highest BCUT2D eigenvalue weighted by Crippen LogP contribution is 2.21. The van der Waals surface area contributed by atoms with E-state index in [1.54, 1.807) is 12.3 Å². The number of carbonyl (C=O) groups excluding carboxylic acids is 1. The monoisotopic (exact) mass is 386 g/mol. The lowest BCUT2D eigenvalue weighted by molar-refractivity contribution is 0.0741. The molecule has 5 nitrogen and oxygen atoms in total. The standard InChI is InChI=1S/C24H26N4O/c1-18-6-5-8-21(16-18)27-12-14-28(15-13-27)24(29)23-11-10-20(17-25-23)26-22-9-4-3-7-19(22)2/h3-11,16-17,26H,12-15H2,1-2H3. The molecule has 1 N–H and O–H groups in total. The van der Waals surface area contributed by atoms with Gasteiger partial charge in [0.15, 0.2) is 0 Å². The highest BCUT2D eigenvalue weighted by Gasteiger charge is 2.23. The van der Waals surface area contributed by atoms with Crippen molar-refractivity contribution in [1.29, 1.82) is 0 Å². The molecule has 1 fully saturated rings. The molecular formula is C24H26N4O. The van der Waals surface area contributed by atoms with Crippen molar-refractivity contribution >= 4 is 23.0 Å². The van der Waals surface area contributed by atoms with Crippen LogP contribution in [0.25, 0.3) is 0 Å². The first kappa shape index (κ1) is 19.0. The third-order valence-corrected chi connectivity index (χ3v) is 5.34. The molecule has 0 atom stereocenters. The molecule has 1 aromatic heterocycles. The second kappa shape index (κ2) is 8.35. The van der Waals surface area contributed by atoms with Gasteiger partial charge in [-0.05, 0) is 55.3 Å². The number of hydrogen-bond acceptors (Lipinski definition) is 4. The molecule has 5 heteroatoms. The summed E-state index contributed by atoms with van der Waals surface area (Å²) < 4.78 is 0. The lowest BCUT2D eigenvalue weighted by Gasteiger charge is -2.36. The fourth-order valence-corrected chi connectivity index (χ4v) is 3.62. The molecule has 0 aliphatic carbocycles. The Balaban J connectivity index is 1.37. The summed E-state index contributed by atoms with van der Waals surface area (Å²) in [5.74, 6) is -0.00339. The quantitative estimate of drug-likeness (QED) is 0.722. The normalized spacial score (nSPS) is 14.0. The summed E-state index contributed by atoms with van der Waals surface area (Å²) in [6, 6.07) is 20.3. The van der Waals surface area contributed by atoms with Crippen molar-refractivity contribution in [2.75, 3.05) is 36.4 Å². The maximum Gasteiger partial charge on any atom is 0.272 e. The van der Waals surface area contributed by atoms with Crippen molar-refractivity contribution in [3.63, 3.8) is 0 Å². The van der Waals surface area contributed by atoms with Crippen molar-refractivity contribution in [1.82, 2.24) is 9.88 Å². The van der Waals surface area contributed by atoms with Crippen LogP contribution in [0, 0.1) is 13.8 Å². The van der Waals surface area contributed by atoms with Gasteiger partial charge in [0.2, 0.25) is 0 Å². The van der Waals surface area contributed by atoms with Crippen molar-refractivity contribution < 1.29 is 4.79 Å². The number of para-hydroxylation sites is 1. The molecule has 0 spiro atoms. The van der Waals surface area contributed by atoms with Crippen LogP contribution in [0.4, 0.5) is 17.1 Å². The molecule has 2 aromatic carbocycles. The molecule has 0 bridgehead atoms. The van der Waals surface area contributed by atoms with Crippen molar-refractivity contribution in [3.05, 3.63) is 83.7 Å². The second-order valence-corrected chi connectivity index (χ2v) is 7.49. The number of nitrogens with one attached hydrogen (secondary N) is 1. The van der Waals surface area contributed by atoms with E-state index in [9.17, 15) is 4.79 Å². The van der Waals surface area contributed by atoms with Gasteiger partial charge in [0.05, 0.1) is 11.9 Å². The molecule has 1 aliphatic rings. The minimum absolute atomic E-state index is 0.00339. The Morgan fingerprint density at radius 3 is 2.41 bits per heavy atom. The molecule has 3 aromatic rings. The average Bonchev–Trinajstić information content (AvgIpc) is 2.75. The molecule has 1 saturated heterocycles. The predicted molar refractivity (Wildman–Crippen MR) is 118 cm³/mol. The number of carbonyl (C=O) groups is 1. The van der Waals surface area contributed by atoms with Gasteiger partial charge in [-0.2, -0.15) is 0 Å². The number of rotatable bonds is 4. The van der Waals surface area contributed by atoms with Gasteiger partial charge in [0.1, 0.15) is 5.69 Å². The Morgan fingerprint density at radius 1 is 0.931 bits per heavy atom. The molecule has 4 rings (SSSR count). The molecule has 1 aliphatic heterocycles. The van der Waals surface area contributed by atoms with E-state index in [1.807, 2.05) is 29.2 Å². The van der Waals surface area contributed by atoms with Crippen LogP contribution in [-0.2, 0) is 0 Å². The fraction of sp³-hybridized carbons (Fsp3) is 0.250. The van der Waals surface area contributed by atoms with Crippen molar-refractivity contribution in [2.24, 2.45) is 0 Å². The van der Waals surface area contributed by atoms with Crippen LogP contribution < -0.4 is 10.2 Å². The first-order valence-corrected chi connectivity index (χ1v) is 10.00. The number of hydrogen-bond donors (Lipinski definition) is 1. The summed E-state index contributed by atoms with van der Waals surface area (Å²) in [4.78, 5) is 21.5. The molecule has 1 amide bonds. The number of pyridine rings is 1. The van der Waals surface area contributed by atoms with Gasteiger partial charge in [0, 0.05) is 37.6 Å². The van der Waals surface area contributed by atoms with Crippen LogP contribution in [-0.4, -0.2) is 42.0 Å². The number of aryl methyl sites for hydroxylation is 2. The summed E-state index contributed by atoms with van der Waals surface area (Å²) in [6.07, 6.45) is 1.72. The zero-order valence-electron chi connectivity index (χ0n) is 16.9. The van der Waals surface area contributed by atoms with Crippen LogP contribution in [0.3, 0.4) is 0 Å². The largest absolute Gasteiger partial charge is 0.368 e. The SMILES string of the molecule is Cc1cccc(N2CCN(C(=O)c3ccc(Nc4ccccc4C)cn3)CC2)c1. The van der Waals surface area contributed by atoms with Crippen LogP contribution in [0.5, 0.6) is 0 Å². The summed E-state index contributed by atoms with van der Waals surface area (Å²) in [5, 5.41) is 3.35. The van der Waals surface area contributed by atoms with Gasteiger partial charge in [-0.25, -0.2) is 4.98 Å². The fourth-order valence-electron chi connectivity index (χ4n) is 3.62. The second-order valence-electron chi connectivity index (χ2n) is 7.49. The zero-order chi connectivity index (χ0) is 20.2. The van der Waals surface area contributed by atoms with E-state index in [-0.39, 0.29) is 5.91 Å². The minimum Gasteiger partial charge on any atom is -0.368 e. The Hall–Kier alpha value is -3.34. The Labute approximate surface area is 172 Å². The van der Waals surface area contributed by atoms with Gasteiger partial charge < -0.3 is 15.1 Å². The zero-order valence-corrected chi connectivity index (χ0v) is 16.9. The highest BCUT2D eigenvalue weighted by molar-refractivity contribution is 5.92. The van der Waals surface area contributed by atoms with E-state index in [1.165, 1.54) is 16.8 Å². The number of nitrogens with zero attached hydrogens (tertiary/aromatic N) is 3. The van der Waals surface area contributed by atoms with Gasteiger partial charge in [-0.15, -0.1) is 0 Å². The summed E-state index contributed by atoms with van der Waals surface area (Å²) in [6.45, 7) is 7.25. The van der Waals surface area contributed by atoms with Gasteiger partial charge in [-0.1, -0.05) is 30.3 Å². The van der Waals surface area contributed by atoms with E-state index in [0.717, 1.165) is 24.5 Å². The number of benzene rings is 2. The summed E-state index contributed by atoms with van der Waals surface area (Å²) >= 11 is 0. The molecular weight excluding hydrogens is 360 g/mol. The number of piperazine rings is 1. The molecule has 2 heterocycles. The van der Waals surface area contributed by atoms with E-state index >= 15 is 0 Å². The third kappa shape index (κ3) is 4.40. The summed E-state index contributed by atoms with van der Waals surface area (Å²) in [7, 11) is 0. The Morgan fingerprint density at radius 2 is 1.72 bits per heavy atom. The van der Waals surface area contributed by atoms with Crippen LogP contribution in [0.1, 0.15) is 21.6 Å².